The molecule has 0 saturated carbocycles. The fourth-order valence-corrected chi connectivity index (χ4v) is 1.77. The number of alkyl halides is 1. The smallest absolute Gasteiger partial charge is 0.000473 e. The first kappa shape index (κ1) is 24.6. The third-order valence-corrected chi connectivity index (χ3v) is 2.75. The first-order chi connectivity index (χ1) is 6.41. The summed E-state index contributed by atoms with van der Waals surface area (Å²) in [5.74, 6) is 0. The minimum atomic E-state index is 0. The lowest BCUT2D eigenvalue weighted by Gasteiger charge is -1.98. The Morgan fingerprint density at radius 2 is 1.07 bits per heavy atom. The summed E-state index contributed by atoms with van der Waals surface area (Å²) in [6, 6.07) is 0. The molecule has 0 unspecified atom stereocenters. The fourth-order valence-electron chi connectivity index (χ4n) is 1.23. The fraction of sp³-hybridized carbons (Fsp3) is 0.833. The molecule has 0 fully saturated rings. The molecule has 0 aliphatic heterocycles. The number of rotatable bonds is 8. The number of hydrogen-bond donors (Lipinski definition) is 2. The second-order valence-electron chi connectivity index (χ2n) is 3.16. The Morgan fingerprint density at radius 1 is 0.733 bits per heavy atom. The highest BCUT2D eigenvalue weighted by Crippen LogP contribution is 2.08. The van der Waals surface area contributed by atoms with Gasteiger partial charge in [0.2, 0.25) is 0 Å². The molecular formula is C12H31IN2. The maximum atomic E-state index is 3.00. The van der Waals surface area contributed by atoms with E-state index in [1.54, 1.807) is 0 Å². The van der Waals surface area contributed by atoms with Crippen molar-refractivity contribution in [3.63, 3.8) is 0 Å². The van der Waals surface area contributed by atoms with E-state index in [2.05, 4.69) is 42.7 Å². The highest BCUT2D eigenvalue weighted by Gasteiger charge is 1.89. The Hall–Kier alpha value is 0.390. The third kappa shape index (κ3) is 31.4. The monoisotopic (exact) mass is 330 g/mol. The van der Waals surface area contributed by atoms with Gasteiger partial charge in [-0.1, -0.05) is 74.5 Å². The van der Waals surface area contributed by atoms with Crippen LogP contribution in [0.5, 0.6) is 0 Å². The Kier molecular flexibility index (Phi) is 47.9. The average molecular weight is 330 g/mol. The summed E-state index contributed by atoms with van der Waals surface area (Å²) < 4.78 is 1.34. The van der Waals surface area contributed by atoms with Crippen molar-refractivity contribution >= 4 is 22.6 Å². The maximum Gasteiger partial charge on any atom is -0.000473 e. The van der Waals surface area contributed by atoms with Crippen LogP contribution in [0.15, 0.2) is 13.2 Å². The predicted octanol–water partition coefficient (Wildman–Crippen LogP) is 5.69. The molecule has 0 rings (SSSR count). The summed E-state index contributed by atoms with van der Waals surface area (Å²) in [6.45, 7) is 8.27. The standard InChI is InChI=1S/C10H21I.C2H4.2H3N/c1-2-3-4-5-6-7-8-9-10-11;1-2;;/h2-10H2,1H3;1-2H2;2*1H3. The van der Waals surface area contributed by atoms with Gasteiger partial charge in [-0.2, -0.15) is 0 Å². The van der Waals surface area contributed by atoms with Crippen molar-refractivity contribution < 1.29 is 0 Å². The molecular weight excluding hydrogens is 299 g/mol. The van der Waals surface area contributed by atoms with Crippen molar-refractivity contribution in [2.24, 2.45) is 0 Å². The zero-order valence-corrected chi connectivity index (χ0v) is 12.7. The minimum absolute atomic E-state index is 0. The van der Waals surface area contributed by atoms with Crippen LogP contribution in [0.1, 0.15) is 58.3 Å². The molecule has 0 radical (unpaired) electrons. The zero-order valence-electron chi connectivity index (χ0n) is 10.6. The van der Waals surface area contributed by atoms with Gasteiger partial charge in [0, 0.05) is 0 Å². The van der Waals surface area contributed by atoms with E-state index in [9.17, 15) is 0 Å². The summed E-state index contributed by atoms with van der Waals surface area (Å²) in [5, 5.41) is 0. The van der Waals surface area contributed by atoms with Gasteiger partial charge in [0.25, 0.3) is 0 Å². The van der Waals surface area contributed by atoms with Crippen LogP contribution in [0.2, 0.25) is 0 Å². The summed E-state index contributed by atoms with van der Waals surface area (Å²) in [4.78, 5) is 0. The van der Waals surface area contributed by atoms with E-state index in [1.807, 2.05) is 0 Å². The van der Waals surface area contributed by atoms with E-state index in [-0.39, 0.29) is 12.3 Å². The first-order valence-electron chi connectivity index (χ1n) is 5.47. The topological polar surface area (TPSA) is 70.0 Å². The largest absolute Gasteiger partial charge is 0.344 e. The van der Waals surface area contributed by atoms with Gasteiger partial charge < -0.3 is 12.3 Å². The first-order valence-corrected chi connectivity index (χ1v) is 7.00. The molecule has 0 bridgehead atoms. The lowest BCUT2D eigenvalue weighted by molar-refractivity contribution is 0.587. The Morgan fingerprint density at radius 3 is 1.40 bits per heavy atom. The van der Waals surface area contributed by atoms with Crippen molar-refractivity contribution in [1.82, 2.24) is 12.3 Å². The highest BCUT2D eigenvalue weighted by molar-refractivity contribution is 14.1. The molecule has 3 heteroatoms. The maximum absolute atomic E-state index is 3.00. The molecule has 0 aromatic rings. The molecule has 0 spiro atoms. The van der Waals surface area contributed by atoms with Crippen LogP contribution in [-0.2, 0) is 0 Å². The van der Waals surface area contributed by atoms with E-state index in [0.29, 0.717) is 0 Å². The molecule has 0 aromatic heterocycles. The second-order valence-corrected chi connectivity index (χ2v) is 4.24. The van der Waals surface area contributed by atoms with Crippen LogP contribution in [0.25, 0.3) is 0 Å². The molecule has 0 amide bonds. The number of unbranched alkanes of at least 4 members (excludes halogenated alkanes) is 7. The predicted molar refractivity (Wildman–Crippen MR) is 82.8 cm³/mol. The van der Waals surface area contributed by atoms with Crippen LogP contribution in [0.3, 0.4) is 0 Å². The molecule has 0 atom stereocenters. The van der Waals surface area contributed by atoms with Gasteiger partial charge in [0.1, 0.15) is 0 Å². The number of halogens is 1. The summed E-state index contributed by atoms with van der Waals surface area (Å²) in [5.41, 5.74) is 0. The Labute approximate surface area is 111 Å². The van der Waals surface area contributed by atoms with Gasteiger partial charge in [0.15, 0.2) is 0 Å². The van der Waals surface area contributed by atoms with Gasteiger partial charge >= 0.3 is 0 Å². The Bertz CT molecular complexity index is 72.0. The van der Waals surface area contributed by atoms with Crippen LogP contribution in [0, 0.1) is 0 Å². The lowest BCUT2D eigenvalue weighted by atomic mass is 10.1. The molecule has 0 aliphatic carbocycles. The molecule has 0 aromatic carbocycles. The van der Waals surface area contributed by atoms with Crippen molar-refractivity contribution in [3.8, 4) is 0 Å². The molecule has 0 heterocycles. The van der Waals surface area contributed by atoms with Gasteiger partial charge in [-0.05, 0) is 10.8 Å². The summed E-state index contributed by atoms with van der Waals surface area (Å²) >= 11 is 2.46. The summed E-state index contributed by atoms with van der Waals surface area (Å²) in [7, 11) is 0. The van der Waals surface area contributed by atoms with E-state index in [0.717, 1.165) is 0 Å². The van der Waals surface area contributed by atoms with Crippen molar-refractivity contribution in [2.45, 2.75) is 58.3 Å². The van der Waals surface area contributed by atoms with Gasteiger partial charge in [-0.3, -0.25) is 0 Å². The van der Waals surface area contributed by atoms with Crippen molar-refractivity contribution in [2.75, 3.05) is 4.43 Å². The normalized spacial score (nSPS) is 7.87. The van der Waals surface area contributed by atoms with Crippen LogP contribution < -0.4 is 12.3 Å². The van der Waals surface area contributed by atoms with E-state index >= 15 is 0 Å². The zero-order chi connectivity index (χ0) is 10.4. The molecule has 15 heavy (non-hydrogen) atoms. The minimum Gasteiger partial charge on any atom is -0.344 e. The molecule has 6 N–H and O–H groups in total. The van der Waals surface area contributed by atoms with Crippen LogP contribution >= 0.6 is 22.6 Å². The number of hydrogen-bond acceptors (Lipinski definition) is 2. The average Bonchev–Trinajstić information content (AvgIpc) is 2.20. The summed E-state index contributed by atoms with van der Waals surface area (Å²) in [6.07, 6.45) is 11.5. The third-order valence-electron chi connectivity index (χ3n) is 1.99. The van der Waals surface area contributed by atoms with Crippen LogP contribution in [-0.4, -0.2) is 4.43 Å². The van der Waals surface area contributed by atoms with E-state index in [4.69, 9.17) is 0 Å². The van der Waals surface area contributed by atoms with Gasteiger partial charge in [-0.15, -0.1) is 13.2 Å². The highest BCUT2D eigenvalue weighted by atomic mass is 127. The quantitative estimate of drug-likeness (QED) is 0.260. The molecule has 0 saturated heterocycles. The van der Waals surface area contributed by atoms with Crippen LogP contribution in [0.4, 0.5) is 0 Å². The van der Waals surface area contributed by atoms with E-state index < -0.39 is 0 Å². The van der Waals surface area contributed by atoms with Crippen molar-refractivity contribution in [3.05, 3.63) is 13.2 Å². The van der Waals surface area contributed by atoms with Gasteiger partial charge in [-0.25, -0.2) is 0 Å². The van der Waals surface area contributed by atoms with E-state index in [1.165, 1.54) is 55.8 Å². The Balaban J connectivity index is -0.000000142. The second kappa shape index (κ2) is 29.3. The SMILES string of the molecule is C=C.CCCCCCCCCCI.N.N. The molecule has 2 nitrogen and oxygen atoms in total. The lowest BCUT2D eigenvalue weighted by Crippen LogP contribution is -1.80. The van der Waals surface area contributed by atoms with Gasteiger partial charge in [0.05, 0.1) is 0 Å². The van der Waals surface area contributed by atoms with Crippen molar-refractivity contribution in [1.29, 1.82) is 0 Å². The molecule has 0 aliphatic rings. The molecule has 96 valence electrons.